The lowest BCUT2D eigenvalue weighted by atomic mass is 9.82. The number of aliphatic imine (C=N–C) groups is 1. The number of hydrogen-bond acceptors (Lipinski definition) is 5. The van der Waals surface area contributed by atoms with Crippen LogP contribution in [-0.4, -0.2) is 70.0 Å². The molecule has 1 amide bonds. The minimum absolute atomic E-state index is 0.179. The van der Waals surface area contributed by atoms with Crippen molar-refractivity contribution in [3.05, 3.63) is 30.2 Å². The second kappa shape index (κ2) is 9.84. The van der Waals surface area contributed by atoms with E-state index in [1.807, 2.05) is 19.4 Å². The zero-order valence-electron chi connectivity index (χ0n) is 21.4. The fraction of sp³-hybridized carbons (Fsp3) is 0.556. The second-order valence-corrected chi connectivity index (χ2v) is 10.3. The van der Waals surface area contributed by atoms with Crippen LogP contribution in [0.5, 0.6) is 0 Å². The molecule has 3 aromatic heterocycles. The number of nitrogens with one attached hydrogen (secondary N) is 1. The van der Waals surface area contributed by atoms with Gasteiger partial charge < -0.3 is 19.8 Å². The first-order valence-electron chi connectivity index (χ1n) is 12.9. The van der Waals surface area contributed by atoms with E-state index in [4.69, 9.17) is 0 Å². The fourth-order valence-electron chi connectivity index (χ4n) is 5.79. The lowest BCUT2D eigenvalue weighted by Crippen LogP contribution is -2.50. The van der Waals surface area contributed by atoms with Gasteiger partial charge in [0.1, 0.15) is 5.65 Å². The van der Waals surface area contributed by atoms with Crippen LogP contribution in [0.25, 0.3) is 22.3 Å². The highest BCUT2D eigenvalue weighted by Crippen LogP contribution is 2.33. The zero-order chi connectivity index (χ0) is 24.5. The number of rotatable bonds is 5. The number of hydrogen-bond donors (Lipinski definition) is 1. The Labute approximate surface area is 207 Å². The van der Waals surface area contributed by atoms with Crippen molar-refractivity contribution in [2.24, 2.45) is 16.8 Å². The predicted octanol–water partition coefficient (Wildman–Crippen LogP) is 4.47. The number of anilines is 1. The van der Waals surface area contributed by atoms with E-state index in [0.29, 0.717) is 17.9 Å². The molecular formula is C27H37N7O. The summed E-state index contributed by atoms with van der Waals surface area (Å²) in [7, 11) is 1.84. The summed E-state index contributed by atoms with van der Waals surface area (Å²) in [5.74, 6) is 1.07. The van der Waals surface area contributed by atoms with E-state index in [0.717, 1.165) is 79.8 Å². The summed E-state index contributed by atoms with van der Waals surface area (Å²) in [6, 6.07) is 4.61. The summed E-state index contributed by atoms with van der Waals surface area (Å²) >= 11 is 0. The number of pyridine rings is 1. The molecule has 1 saturated carbocycles. The molecule has 1 aliphatic heterocycles. The normalized spacial score (nSPS) is 21.5. The van der Waals surface area contributed by atoms with Gasteiger partial charge in [0.2, 0.25) is 5.91 Å². The van der Waals surface area contributed by atoms with Gasteiger partial charge in [-0.05, 0) is 64.5 Å². The third-order valence-electron chi connectivity index (χ3n) is 7.75. The van der Waals surface area contributed by atoms with Crippen LogP contribution < -0.4 is 4.90 Å². The number of aromatic nitrogens is 4. The Bertz CT molecular complexity index is 1210. The lowest BCUT2D eigenvalue weighted by molar-refractivity contribution is -0.137. The number of aromatic amines is 1. The lowest BCUT2D eigenvalue weighted by Gasteiger charge is -2.38. The van der Waals surface area contributed by atoms with Gasteiger partial charge in [0.05, 0.1) is 11.9 Å². The van der Waals surface area contributed by atoms with Crippen LogP contribution in [0.2, 0.25) is 0 Å². The molecule has 2 aliphatic rings. The Kier molecular flexibility index (Phi) is 6.62. The minimum atomic E-state index is 0.179. The van der Waals surface area contributed by atoms with E-state index >= 15 is 0 Å². The van der Waals surface area contributed by atoms with Crippen molar-refractivity contribution in [3.63, 3.8) is 0 Å². The maximum absolute atomic E-state index is 13.2. The van der Waals surface area contributed by atoms with Crippen LogP contribution in [0.3, 0.4) is 0 Å². The number of carbonyl (C=O) groups is 1. The highest BCUT2D eigenvalue weighted by Gasteiger charge is 2.31. The van der Waals surface area contributed by atoms with E-state index < -0.39 is 0 Å². The Morgan fingerprint density at radius 2 is 1.91 bits per heavy atom. The monoisotopic (exact) mass is 475 g/mol. The molecule has 0 atom stereocenters. The number of amides is 1. The maximum Gasteiger partial charge on any atom is 0.225 e. The summed E-state index contributed by atoms with van der Waals surface area (Å²) in [5.41, 5.74) is 5.37. The van der Waals surface area contributed by atoms with Gasteiger partial charge in [-0.1, -0.05) is 0 Å². The molecule has 3 aromatic rings. The highest BCUT2D eigenvalue weighted by atomic mass is 16.2. The standard InChI is InChI=1S/C27H37N7O/c1-18(2)34-19(3)23(17-30-34)24-15-22-25(9-10-29-26(22)31-24)32-11-13-33(14-12-32)27(35)21-7-5-20(6-8-21)16-28-4/h9-10,15-18,20-21H,5-8,11-14H2,1-4H3,(H,29,31)/t20-,21-. The van der Waals surface area contributed by atoms with Crippen molar-refractivity contribution in [1.29, 1.82) is 0 Å². The summed E-state index contributed by atoms with van der Waals surface area (Å²) < 4.78 is 2.05. The molecule has 0 bridgehead atoms. The topological polar surface area (TPSA) is 82.4 Å². The smallest absolute Gasteiger partial charge is 0.225 e. The molecule has 35 heavy (non-hydrogen) atoms. The van der Waals surface area contributed by atoms with E-state index in [1.54, 1.807) is 0 Å². The fourth-order valence-corrected chi connectivity index (χ4v) is 5.79. The van der Waals surface area contributed by atoms with E-state index in [2.05, 4.69) is 73.7 Å². The number of H-pyrrole nitrogens is 1. The first-order chi connectivity index (χ1) is 17.0. The van der Waals surface area contributed by atoms with Gasteiger partial charge >= 0.3 is 0 Å². The van der Waals surface area contributed by atoms with Crippen LogP contribution in [0.4, 0.5) is 5.69 Å². The van der Waals surface area contributed by atoms with Gasteiger partial charge in [-0.15, -0.1) is 0 Å². The van der Waals surface area contributed by atoms with E-state index in [9.17, 15) is 4.79 Å². The van der Waals surface area contributed by atoms with Crippen LogP contribution in [-0.2, 0) is 4.79 Å². The Morgan fingerprint density at radius 1 is 1.17 bits per heavy atom. The molecule has 2 fully saturated rings. The molecule has 1 aliphatic carbocycles. The Balaban J connectivity index is 1.28. The van der Waals surface area contributed by atoms with Crippen molar-refractivity contribution in [1.82, 2.24) is 24.6 Å². The average molecular weight is 476 g/mol. The molecule has 5 rings (SSSR count). The molecule has 1 saturated heterocycles. The molecule has 0 unspecified atom stereocenters. The van der Waals surface area contributed by atoms with Crippen molar-refractivity contribution >= 4 is 28.8 Å². The molecule has 8 nitrogen and oxygen atoms in total. The first kappa shape index (κ1) is 23.6. The average Bonchev–Trinajstić information content (AvgIpc) is 3.47. The molecule has 8 heteroatoms. The first-order valence-corrected chi connectivity index (χ1v) is 12.9. The van der Waals surface area contributed by atoms with Gasteiger partial charge in [0.25, 0.3) is 0 Å². The predicted molar refractivity (Wildman–Crippen MR) is 141 cm³/mol. The second-order valence-electron chi connectivity index (χ2n) is 10.3. The number of piperazine rings is 1. The quantitative estimate of drug-likeness (QED) is 0.552. The summed E-state index contributed by atoms with van der Waals surface area (Å²) in [4.78, 5) is 29.9. The number of carbonyl (C=O) groups excluding carboxylic acids is 1. The number of fused-ring (bicyclic) bond motifs is 1. The van der Waals surface area contributed by atoms with Crippen molar-refractivity contribution < 1.29 is 4.79 Å². The molecule has 0 spiro atoms. The maximum atomic E-state index is 13.2. The number of nitrogens with zero attached hydrogens (tertiary/aromatic N) is 6. The summed E-state index contributed by atoms with van der Waals surface area (Å²) in [6.07, 6.45) is 9.99. The molecule has 186 valence electrons. The van der Waals surface area contributed by atoms with E-state index in [-0.39, 0.29) is 5.92 Å². The molecule has 4 heterocycles. The molecule has 0 radical (unpaired) electrons. The third-order valence-corrected chi connectivity index (χ3v) is 7.75. The Morgan fingerprint density at radius 3 is 2.57 bits per heavy atom. The van der Waals surface area contributed by atoms with Gasteiger partial charge in [0, 0.05) is 79.9 Å². The largest absolute Gasteiger partial charge is 0.367 e. The molecule has 1 N–H and O–H groups in total. The van der Waals surface area contributed by atoms with Gasteiger partial charge in [-0.2, -0.15) is 5.10 Å². The SMILES string of the molecule is CN=C[C@H]1CC[C@H](C(=O)N2CCN(c3ccnc4[nH]c(-c5cnn(C(C)C)c5C)cc34)CC2)CC1. The zero-order valence-corrected chi connectivity index (χ0v) is 21.4. The van der Waals surface area contributed by atoms with Crippen LogP contribution in [0.1, 0.15) is 51.3 Å². The summed E-state index contributed by atoms with van der Waals surface area (Å²) in [6.45, 7) is 9.63. The van der Waals surface area contributed by atoms with E-state index in [1.165, 1.54) is 5.69 Å². The van der Waals surface area contributed by atoms with Crippen molar-refractivity contribution in [2.75, 3.05) is 38.1 Å². The minimum Gasteiger partial charge on any atom is -0.367 e. The summed E-state index contributed by atoms with van der Waals surface area (Å²) in [5, 5.41) is 5.69. The van der Waals surface area contributed by atoms with Gasteiger partial charge in [-0.25, -0.2) is 4.98 Å². The van der Waals surface area contributed by atoms with Crippen LogP contribution >= 0.6 is 0 Å². The van der Waals surface area contributed by atoms with Crippen LogP contribution in [0.15, 0.2) is 29.5 Å². The third kappa shape index (κ3) is 4.58. The van der Waals surface area contributed by atoms with Gasteiger partial charge in [-0.3, -0.25) is 9.48 Å². The van der Waals surface area contributed by atoms with Crippen LogP contribution in [0, 0.1) is 18.8 Å². The molecular weight excluding hydrogens is 438 g/mol. The Hall–Kier alpha value is -3.16. The van der Waals surface area contributed by atoms with Crippen molar-refractivity contribution in [3.8, 4) is 11.3 Å². The highest BCUT2D eigenvalue weighted by molar-refractivity contribution is 5.94. The molecule has 0 aromatic carbocycles. The van der Waals surface area contributed by atoms with Gasteiger partial charge in [0.15, 0.2) is 0 Å². The van der Waals surface area contributed by atoms with Crippen molar-refractivity contribution in [2.45, 2.75) is 52.5 Å².